The van der Waals surface area contributed by atoms with Gasteiger partial charge in [0, 0.05) is 27.0 Å². The second-order valence-corrected chi connectivity index (χ2v) is 5.90. The molecule has 3 heteroatoms. The standard InChI is InChI=1S/C15H19BrN2/c1-2-10-3-4-13-12(9-10)14(16)15(18-13)11-5-7-17-8-6-11/h3-4,9,11,17-18H,2,5-8H2,1H3. The lowest BCUT2D eigenvalue weighted by Gasteiger charge is -2.22. The number of aryl methyl sites for hydroxylation is 1. The quantitative estimate of drug-likeness (QED) is 0.863. The molecule has 1 aromatic carbocycles. The highest BCUT2D eigenvalue weighted by molar-refractivity contribution is 9.10. The van der Waals surface area contributed by atoms with E-state index in [1.807, 2.05) is 0 Å². The highest BCUT2D eigenvalue weighted by Crippen LogP contribution is 2.36. The van der Waals surface area contributed by atoms with Crippen LogP contribution in [0.2, 0.25) is 0 Å². The third-order valence-corrected chi connectivity index (χ3v) is 4.84. The molecule has 0 saturated carbocycles. The number of aromatic amines is 1. The molecule has 2 N–H and O–H groups in total. The number of fused-ring (bicyclic) bond motifs is 1. The third-order valence-electron chi connectivity index (χ3n) is 3.98. The molecule has 0 atom stereocenters. The molecule has 1 aliphatic heterocycles. The van der Waals surface area contributed by atoms with E-state index in [1.54, 1.807) is 0 Å². The molecular formula is C15H19BrN2. The summed E-state index contributed by atoms with van der Waals surface area (Å²) in [7, 11) is 0. The zero-order chi connectivity index (χ0) is 12.5. The Morgan fingerprint density at radius 1 is 1.28 bits per heavy atom. The van der Waals surface area contributed by atoms with E-state index >= 15 is 0 Å². The highest BCUT2D eigenvalue weighted by atomic mass is 79.9. The molecule has 0 bridgehead atoms. The fraction of sp³-hybridized carbons (Fsp3) is 0.467. The maximum Gasteiger partial charge on any atom is 0.0468 e. The van der Waals surface area contributed by atoms with Gasteiger partial charge in [-0.3, -0.25) is 0 Å². The number of aromatic nitrogens is 1. The lowest BCUT2D eigenvalue weighted by molar-refractivity contribution is 0.454. The topological polar surface area (TPSA) is 27.8 Å². The molecule has 1 saturated heterocycles. The van der Waals surface area contributed by atoms with E-state index < -0.39 is 0 Å². The summed E-state index contributed by atoms with van der Waals surface area (Å²) in [6.07, 6.45) is 3.55. The molecule has 1 aromatic heterocycles. The summed E-state index contributed by atoms with van der Waals surface area (Å²) in [5, 5.41) is 4.76. The lowest BCUT2D eigenvalue weighted by Crippen LogP contribution is -2.26. The van der Waals surface area contributed by atoms with Crippen molar-refractivity contribution >= 4 is 26.8 Å². The third kappa shape index (κ3) is 2.10. The van der Waals surface area contributed by atoms with Crippen molar-refractivity contribution in [1.82, 2.24) is 10.3 Å². The Hall–Kier alpha value is -0.800. The molecule has 2 aromatic rings. The van der Waals surface area contributed by atoms with E-state index in [9.17, 15) is 0 Å². The zero-order valence-corrected chi connectivity index (χ0v) is 12.3. The summed E-state index contributed by atoms with van der Waals surface area (Å²) in [6, 6.07) is 6.74. The number of H-pyrrole nitrogens is 1. The Labute approximate surface area is 116 Å². The van der Waals surface area contributed by atoms with Crippen LogP contribution in [0.3, 0.4) is 0 Å². The number of hydrogen-bond donors (Lipinski definition) is 2. The molecule has 0 radical (unpaired) electrons. The predicted octanol–water partition coefficient (Wildman–Crippen LogP) is 3.96. The fourth-order valence-corrected chi connectivity index (χ4v) is 3.59. The van der Waals surface area contributed by atoms with Crippen LogP contribution in [-0.2, 0) is 6.42 Å². The SMILES string of the molecule is CCc1ccc2[nH]c(C3CCNCC3)c(Br)c2c1. The monoisotopic (exact) mass is 306 g/mol. The van der Waals surface area contributed by atoms with Crippen LogP contribution in [-0.4, -0.2) is 18.1 Å². The van der Waals surface area contributed by atoms with Crippen LogP contribution in [0.1, 0.15) is 36.9 Å². The molecule has 3 rings (SSSR count). The van der Waals surface area contributed by atoms with Gasteiger partial charge in [-0.05, 0) is 66.0 Å². The minimum atomic E-state index is 0.665. The Morgan fingerprint density at radius 2 is 2.06 bits per heavy atom. The van der Waals surface area contributed by atoms with Gasteiger partial charge in [0.15, 0.2) is 0 Å². The van der Waals surface area contributed by atoms with Gasteiger partial charge >= 0.3 is 0 Å². The molecule has 96 valence electrons. The molecule has 0 spiro atoms. The normalized spacial score (nSPS) is 17.4. The van der Waals surface area contributed by atoms with Crippen molar-refractivity contribution in [2.24, 2.45) is 0 Å². The van der Waals surface area contributed by atoms with Crippen molar-refractivity contribution in [3.05, 3.63) is 33.9 Å². The van der Waals surface area contributed by atoms with Gasteiger partial charge in [0.25, 0.3) is 0 Å². The molecule has 2 nitrogen and oxygen atoms in total. The van der Waals surface area contributed by atoms with Crippen molar-refractivity contribution in [3.63, 3.8) is 0 Å². The Bertz CT molecular complexity index is 553. The molecular weight excluding hydrogens is 288 g/mol. The molecule has 0 unspecified atom stereocenters. The summed E-state index contributed by atoms with van der Waals surface area (Å²) in [5.74, 6) is 0.665. The molecule has 1 fully saturated rings. The average molecular weight is 307 g/mol. The van der Waals surface area contributed by atoms with Crippen molar-refractivity contribution in [2.75, 3.05) is 13.1 Å². The fourth-order valence-electron chi connectivity index (χ4n) is 2.84. The van der Waals surface area contributed by atoms with Gasteiger partial charge in [0.05, 0.1) is 0 Å². The number of halogens is 1. The lowest BCUT2D eigenvalue weighted by atomic mass is 9.95. The minimum absolute atomic E-state index is 0.665. The summed E-state index contributed by atoms with van der Waals surface area (Å²) >= 11 is 3.80. The van der Waals surface area contributed by atoms with Crippen LogP contribution < -0.4 is 5.32 Å². The predicted molar refractivity (Wildman–Crippen MR) is 80.2 cm³/mol. The van der Waals surface area contributed by atoms with Crippen LogP contribution in [0.25, 0.3) is 10.9 Å². The van der Waals surface area contributed by atoms with E-state index in [4.69, 9.17) is 0 Å². The van der Waals surface area contributed by atoms with Gasteiger partial charge in [-0.15, -0.1) is 0 Å². The van der Waals surface area contributed by atoms with Gasteiger partial charge in [-0.25, -0.2) is 0 Å². The average Bonchev–Trinajstić information content (AvgIpc) is 2.77. The van der Waals surface area contributed by atoms with Gasteiger partial charge in [-0.1, -0.05) is 13.0 Å². The Balaban J connectivity index is 2.04. The van der Waals surface area contributed by atoms with Crippen molar-refractivity contribution in [2.45, 2.75) is 32.1 Å². The molecule has 18 heavy (non-hydrogen) atoms. The van der Waals surface area contributed by atoms with Gasteiger partial charge in [0.2, 0.25) is 0 Å². The first-order valence-electron chi connectivity index (χ1n) is 6.80. The molecule has 0 aliphatic carbocycles. The van der Waals surface area contributed by atoms with Crippen LogP contribution >= 0.6 is 15.9 Å². The number of benzene rings is 1. The smallest absolute Gasteiger partial charge is 0.0468 e. The minimum Gasteiger partial charge on any atom is -0.357 e. The van der Waals surface area contributed by atoms with Crippen LogP contribution in [0.5, 0.6) is 0 Å². The van der Waals surface area contributed by atoms with Crippen molar-refractivity contribution in [1.29, 1.82) is 0 Å². The second-order valence-electron chi connectivity index (χ2n) is 5.11. The first kappa shape index (κ1) is 12.2. The van der Waals surface area contributed by atoms with Gasteiger partial charge < -0.3 is 10.3 Å². The van der Waals surface area contributed by atoms with E-state index in [0.29, 0.717) is 5.92 Å². The zero-order valence-electron chi connectivity index (χ0n) is 10.7. The molecule has 1 aliphatic rings. The number of piperidine rings is 1. The van der Waals surface area contributed by atoms with Crippen molar-refractivity contribution in [3.8, 4) is 0 Å². The van der Waals surface area contributed by atoms with E-state index in [2.05, 4.69) is 51.4 Å². The first-order chi connectivity index (χ1) is 8.79. The molecule has 0 amide bonds. The first-order valence-corrected chi connectivity index (χ1v) is 7.59. The van der Waals surface area contributed by atoms with E-state index in [-0.39, 0.29) is 0 Å². The van der Waals surface area contributed by atoms with Crippen LogP contribution in [0, 0.1) is 0 Å². The maximum atomic E-state index is 3.80. The number of nitrogens with one attached hydrogen (secondary N) is 2. The van der Waals surface area contributed by atoms with Gasteiger partial charge in [0.1, 0.15) is 0 Å². The second kappa shape index (κ2) is 5.06. The number of rotatable bonds is 2. The Kier molecular flexibility index (Phi) is 3.44. The summed E-state index contributed by atoms with van der Waals surface area (Å²) in [5.41, 5.74) is 4.05. The van der Waals surface area contributed by atoms with Crippen molar-refractivity contribution < 1.29 is 0 Å². The van der Waals surface area contributed by atoms with E-state index in [0.717, 1.165) is 19.5 Å². The summed E-state index contributed by atoms with van der Waals surface area (Å²) in [6.45, 7) is 4.47. The maximum absolute atomic E-state index is 3.80. The largest absolute Gasteiger partial charge is 0.357 e. The van der Waals surface area contributed by atoms with Crippen LogP contribution in [0.4, 0.5) is 0 Å². The summed E-state index contributed by atoms with van der Waals surface area (Å²) in [4.78, 5) is 3.61. The van der Waals surface area contributed by atoms with Crippen LogP contribution in [0.15, 0.2) is 22.7 Å². The van der Waals surface area contributed by atoms with Gasteiger partial charge in [-0.2, -0.15) is 0 Å². The summed E-state index contributed by atoms with van der Waals surface area (Å²) < 4.78 is 1.28. The van der Waals surface area contributed by atoms with E-state index in [1.165, 1.54) is 39.5 Å². The molecule has 2 heterocycles. The Morgan fingerprint density at radius 3 is 2.78 bits per heavy atom. The highest BCUT2D eigenvalue weighted by Gasteiger charge is 2.20. The number of hydrogen-bond acceptors (Lipinski definition) is 1.